The number of likely N-dealkylation sites (tertiary alicyclic amines) is 1. The Bertz CT molecular complexity index is 975. The first-order chi connectivity index (χ1) is 12.9. The van der Waals surface area contributed by atoms with Crippen molar-refractivity contribution in [3.63, 3.8) is 0 Å². The van der Waals surface area contributed by atoms with Crippen molar-refractivity contribution in [3.05, 3.63) is 53.6 Å². The largest absolute Gasteiger partial charge is 0.459 e. The van der Waals surface area contributed by atoms with Crippen LogP contribution in [-0.2, 0) is 6.54 Å². The standard InChI is InChI=1S/C19H18N4O2S/c1-2-9-16-13(6-1)20-19(26-16)14-7-3-4-10-23(14)12-17-21-22-18(25-17)15-8-5-11-24-15/h1-2,5-6,8-9,11,14H,3-4,7,10,12H2/t14-/m1/s1. The Morgan fingerprint density at radius 1 is 1.12 bits per heavy atom. The lowest BCUT2D eigenvalue weighted by Gasteiger charge is -2.33. The number of thiazole rings is 1. The molecule has 0 amide bonds. The quantitative estimate of drug-likeness (QED) is 0.523. The second-order valence-corrected chi connectivity index (χ2v) is 7.54. The zero-order chi connectivity index (χ0) is 17.3. The van der Waals surface area contributed by atoms with Crippen LogP contribution in [0.25, 0.3) is 21.9 Å². The lowest BCUT2D eigenvalue weighted by Crippen LogP contribution is -2.33. The van der Waals surface area contributed by atoms with Gasteiger partial charge in [-0.3, -0.25) is 4.90 Å². The Morgan fingerprint density at radius 3 is 2.96 bits per heavy atom. The number of piperidine rings is 1. The van der Waals surface area contributed by atoms with Gasteiger partial charge in [-0.05, 0) is 43.7 Å². The topological polar surface area (TPSA) is 68.2 Å². The van der Waals surface area contributed by atoms with Crippen LogP contribution < -0.4 is 0 Å². The molecule has 1 saturated heterocycles. The van der Waals surface area contributed by atoms with Crippen LogP contribution in [0.5, 0.6) is 0 Å². The van der Waals surface area contributed by atoms with Gasteiger partial charge in [0.2, 0.25) is 5.89 Å². The monoisotopic (exact) mass is 366 g/mol. The van der Waals surface area contributed by atoms with Gasteiger partial charge in [0.05, 0.1) is 29.1 Å². The first-order valence-corrected chi connectivity index (χ1v) is 9.64. The summed E-state index contributed by atoms with van der Waals surface area (Å²) < 4.78 is 12.4. The number of para-hydroxylation sites is 1. The van der Waals surface area contributed by atoms with E-state index in [1.165, 1.54) is 22.5 Å². The molecule has 26 heavy (non-hydrogen) atoms. The van der Waals surface area contributed by atoms with E-state index in [4.69, 9.17) is 13.8 Å². The van der Waals surface area contributed by atoms with Crippen molar-refractivity contribution in [1.29, 1.82) is 0 Å². The fourth-order valence-corrected chi connectivity index (χ4v) is 4.62. The molecule has 132 valence electrons. The summed E-state index contributed by atoms with van der Waals surface area (Å²) in [5, 5.41) is 9.49. The number of furan rings is 1. The van der Waals surface area contributed by atoms with Crippen LogP contribution in [0, 0.1) is 0 Å². The first-order valence-electron chi connectivity index (χ1n) is 8.82. The van der Waals surface area contributed by atoms with Crippen molar-refractivity contribution in [3.8, 4) is 11.7 Å². The molecule has 0 spiro atoms. The smallest absolute Gasteiger partial charge is 0.283 e. The molecule has 1 aliphatic heterocycles. The maximum atomic E-state index is 5.80. The number of benzene rings is 1. The van der Waals surface area contributed by atoms with Gasteiger partial charge >= 0.3 is 0 Å². The molecule has 1 atom stereocenters. The summed E-state index contributed by atoms with van der Waals surface area (Å²) in [5.74, 6) is 1.65. The zero-order valence-corrected chi connectivity index (χ0v) is 15.0. The highest BCUT2D eigenvalue weighted by atomic mass is 32.1. The summed E-state index contributed by atoms with van der Waals surface area (Å²) in [5.41, 5.74) is 1.08. The van der Waals surface area contributed by atoms with E-state index in [-0.39, 0.29) is 0 Å². The molecule has 3 aromatic heterocycles. The van der Waals surface area contributed by atoms with Crippen LogP contribution in [0.3, 0.4) is 0 Å². The maximum absolute atomic E-state index is 5.80. The van der Waals surface area contributed by atoms with Crippen molar-refractivity contribution in [2.24, 2.45) is 0 Å². The predicted molar refractivity (Wildman–Crippen MR) is 98.6 cm³/mol. The molecule has 0 saturated carbocycles. The summed E-state index contributed by atoms with van der Waals surface area (Å²) in [6, 6.07) is 12.3. The molecule has 1 aliphatic rings. The molecule has 6 nitrogen and oxygen atoms in total. The third-order valence-electron chi connectivity index (χ3n) is 4.75. The van der Waals surface area contributed by atoms with E-state index in [2.05, 4.69) is 33.3 Å². The molecule has 4 heterocycles. The number of rotatable bonds is 4. The summed E-state index contributed by atoms with van der Waals surface area (Å²) in [6.07, 6.45) is 5.12. The highest BCUT2D eigenvalue weighted by Crippen LogP contribution is 2.36. The molecule has 0 aliphatic carbocycles. The van der Waals surface area contributed by atoms with Crippen molar-refractivity contribution in [1.82, 2.24) is 20.1 Å². The fraction of sp³-hybridized carbons (Fsp3) is 0.316. The van der Waals surface area contributed by atoms with Crippen LogP contribution in [0.2, 0.25) is 0 Å². The van der Waals surface area contributed by atoms with Gasteiger partial charge in [0.1, 0.15) is 5.01 Å². The van der Waals surface area contributed by atoms with Crippen LogP contribution in [0.15, 0.2) is 51.5 Å². The minimum absolute atomic E-state index is 0.306. The third kappa shape index (κ3) is 2.93. The summed E-state index contributed by atoms with van der Waals surface area (Å²) in [4.78, 5) is 7.27. The minimum Gasteiger partial charge on any atom is -0.459 e. The SMILES string of the molecule is c1coc(-c2nnc(CN3CCCC[C@@H]3c3nc4ccccc4s3)o2)c1. The number of aromatic nitrogens is 3. The zero-order valence-electron chi connectivity index (χ0n) is 14.2. The van der Waals surface area contributed by atoms with E-state index >= 15 is 0 Å². The Morgan fingerprint density at radius 2 is 2.08 bits per heavy atom. The molecule has 1 aromatic carbocycles. The summed E-state index contributed by atoms with van der Waals surface area (Å²) in [7, 11) is 0. The average molecular weight is 366 g/mol. The lowest BCUT2D eigenvalue weighted by atomic mass is 10.0. The molecular weight excluding hydrogens is 348 g/mol. The molecule has 0 N–H and O–H groups in total. The van der Waals surface area contributed by atoms with E-state index < -0.39 is 0 Å². The van der Waals surface area contributed by atoms with E-state index in [1.54, 1.807) is 17.6 Å². The van der Waals surface area contributed by atoms with E-state index in [1.807, 2.05) is 18.2 Å². The molecule has 0 bridgehead atoms. The normalized spacial score (nSPS) is 18.5. The Kier molecular flexibility index (Phi) is 4.03. The van der Waals surface area contributed by atoms with Gasteiger partial charge in [0, 0.05) is 0 Å². The third-order valence-corrected chi connectivity index (χ3v) is 5.88. The number of fused-ring (bicyclic) bond motifs is 1. The molecule has 7 heteroatoms. The van der Waals surface area contributed by atoms with E-state index in [0.717, 1.165) is 18.5 Å². The second kappa shape index (κ2) is 6.66. The average Bonchev–Trinajstić information content (AvgIpc) is 3.42. The highest BCUT2D eigenvalue weighted by molar-refractivity contribution is 7.18. The Labute approximate surface area is 154 Å². The van der Waals surface area contributed by atoms with Crippen molar-refractivity contribution >= 4 is 21.6 Å². The molecular formula is C19H18N4O2S. The molecule has 5 rings (SSSR count). The summed E-state index contributed by atoms with van der Waals surface area (Å²) in [6.45, 7) is 1.65. The van der Waals surface area contributed by atoms with Crippen molar-refractivity contribution < 1.29 is 8.83 Å². The Hall–Kier alpha value is -2.51. The molecule has 4 aromatic rings. The lowest BCUT2D eigenvalue weighted by molar-refractivity contribution is 0.128. The van der Waals surface area contributed by atoms with Crippen molar-refractivity contribution in [2.75, 3.05) is 6.54 Å². The predicted octanol–water partition coefficient (Wildman–Crippen LogP) is 4.67. The van der Waals surface area contributed by atoms with Gasteiger partial charge < -0.3 is 8.83 Å². The number of hydrogen-bond donors (Lipinski definition) is 0. The maximum Gasteiger partial charge on any atom is 0.283 e. The van der Waals surface area contributed by atoms with Gasteiger partial charge in [-0.25, -0.2) is 4.98 Å². The number of nitrogens with zero attached hydrogens (tertiary/aromatic N) is 4. The van der Waals surface area contributed by atoms with Gasteiger partial charge in [0.25, 0.3) is 5.89 Å². The van der Waals surface area contributed by atoms with Gasteiger partial charge in [-0.2, -0.15) is 0 Å². The van der Waals surface area contributed by atoms with Crippen LogP contribution in [0.4, 0.5) is 0 Å². The fourth-order valence-electron chi connectivity index (χ4n) is 3.48. The van der Waals surface area contributed by atoms with Crippen LogP contribution in [0.1, 0.15) is 36.2 Å². The first kappa shape index (κ1) is 15.7. The van der Waals surface area contributed by atoms with Gasteiger partial charge in [-0.15, -0.1) is 21.5 Å². The second-order valence-electron chi connectivity index (χ2n) is 6.48. The van der Waals surface area contributed by atoms with Crippen LogP contribution in [-0.4, -0.2) is 26.6 Å². The molecule has 0 radical (unpaired) electrons. The highest BCUT2D eigenvalue weighted by Gasteiger charge is 2.28. The van der Waals surface area contributed by atoms with Crippen molar-refractivity contribution in [2.45, 2.75) is 31.8 Å². The molecule has 0 unspecified atom stereocenters. The van der Waals surface area contributed by atoms with Gasteiger partial charge in [0.15, 0.2) is 5.76 Å². The molecule has 1 fully saturated rings. The number of hydrogen-bond acceptors (Lipinski definition) is 7. The van der Waals surface area contributed by atoms with E-state index in [0.29, 0.717) is 30.1 Å². The summed E-state index contributed by atoms with van der Waals surface area (Å²) >= 11 is 1.79. The van der Waals surface area contributed by atoms with E-state index in [9.17, 15) is 0 Å². The van der Waals surface area contributed by atoms with Gasteiger partial charge in [-0.1, -0.05) is 18.6 Å². The van der Waals surface area contributed by atoms with Crippen LogP contribution >= 0.6 is 11.3 Å². The Balaban J connectivity index is 1.39. The minimum atomic E-state index is 0.306.